The molecule has 0 fully saturated rings. The molecule has 31 heavy (non-hydrogen) atoms. The standard InChI is InChI=1S/C25H24N2O4/c1-17-4-9-21(10-5-17)25(29)31-22-12-7-20(8-13-22)15-26-27-24(28)16-30-23-11-6-18(2)19(3)14-23/h4-15H,16H2,1-3H3,(H,27,28)/b26-15+. The van der Waals surface area contributed by atoms with E-state index in [1.54, 1.807) is 36.4 Å². The van der Waals surface area contributed by atoms with Crippen molar-refractivity contribution < 1.29 is 19.1 Å². The second-order valence-electron chi connectivity index (χ2n) is 7.15. The Morgan fingerprint density at radius 2 is 1.55 bits per heavy atom. The fourth-order valence-corrected chi connectivity index (χ4v) is 2.64. The summed E-state index contributed by atoms with van der Waals surface area (Å²) in [6.45, 7) is 5.83. The molecule has 0 saturated carbocycles. The molecular weight excluding hydrogens is 392 g/mol. The molecular formula is C25H24N2O4. The summed E-state index contributed by atoms with van der Waals surface area (Å²) in [6.07, 6.45) is 1.50. The van der Waals surface area contributed by atoms with Crippen molar-refractivity contribution in [3.63, 3.8) is 0 Å². The number of amides is 1. The van der Waals surface area contributed by atoms with E-state index >= 15 is 0 Å². The van der Waals surface area contributed by atoms with Crippen LogP contribution in [-0.4, -0.2) is 24.7 Å². The van der Waals surface area contributed by atoms with Crippen LogP contribution in [0.25, 0.3) is 0 Å². The molecule has 0 aromatic heterocycles. The summed E-state index contributed by atoms with van der Waals surface area (Å²) < 4.78 is 10.8. The number of hydrogen-bond donors (Lipinski definition) is 1. The average Bonchev–Trinajstić information content (AvgIpc) is 2.76. The van der Waals surface area contributed by atoms with Gasteiger partial charge in [-0.2, -0.15) is 5.10 Å². The van der Waals surface area contributed by atoms with E-state index in [9.17, 15) is 9.59 Å². The number of esters is 1. The van der Waals surface area contributed by atoms with Crippen LogP contribution in [-0.2, 0) is 4.79 Å². The van der Waals surface area contributed by atoms with Gasteiger partial charge in [-0.05, 0) is 86.0 Å². The highest BCUT2D eigenvalue weighted by Gasteiger charge is 2.08. The molecule has 0 bridgehead atoms. The number of hydrogen-bond acceptors (Lipinski definition) is 5. The Balaban J connectivity index is 1.46. The van der Waals surface area contributed by atoms with Gasteiger partial charge in [0.2, 0.25) is 0 Å². The third-order valence-corrected chi connectivity index (χ3v) is 4.63. The summed E-state index contributed by atoms with van der Waals surface area (Å²) in [5.74, 6) is 0.280. The summed E-state index contributed by atoms with van der Waals surface area (Å²) in [5.41, 5.74) is 6.99. The number of benzene rings is 3. The Morgan fingerprint density at radius 1 is 0.871 bits per heavy atom. The molecule has 0 unspecified atom stereocenters. The number of nitrogens with zero attached hydrogens (tertiary/aromatic N) is 1. The molecule has 0 spiro atoms. The molecule has 0 aliphatic carbocycles. The summed E-state index contributed by atoms with van der Waals surface area (Å²) in [6, 6.07) is 19.6. The van der Waals surface area contributed by atoms with Crippen LogP contribution in [0, 0.1) is 20.8 Å². The maximum atomic E-state index is 12.1. The summed E-state index contributed by atoms with van der Waals surface area (Å²) in [7, 11) is 0. The number of carbonyl (C=O) groups excluding carboxylic acids is 2. The van der Waals surface area contributed by atoms with Gasteiger partial charge in [-0.15, -0.1) is 0 Å². The lowest BCUT2D eigenvalue weighted by Crippen LogP contribution is -2.24. The van der Waals surface area contributed by atoms with E-state index in [0.717, 1.165) is 22.3 Å². The molecule has 1 amide bonds. The quantitative estimate of drug-likeness (QED) is 0.269. The Bertz CT molecular complexity index is 1090. The highest BCUT2D eigenvalue weighted by atomic mass is 16.5. The zero-order valence-electron chi connectivity index (χ0n) is 17.7. The van der Waals surface area contributed by atoms with Crippen LogP contribution in [0.5, 0.6) is 11.5 Å². The van der Waals surface area contributed by atoms with Gasteiger partial charge >= 0.3 is 5.97 Å². The highest BCUT2D eigenvalue weighted by Crippen LogP contribution is 2.16. The van der Waals surface area contributed by atoms with Crippen LogP contribution in [0.2, 0.25) is 0 Å². The van der Waals surface area contributed by atoms with Gasteiger partial charge in [0.15, 0.2) is 6.61 Å². The largest absolute Gasteiger partial charge is 0.484 e. The number of hydrazone groups is 1. The first-order chi connectivity index (χ1) is 14.9. The number of nitrogens with one attached hydrogen (secondary N) is 1. The van der Waals surface area contributed by atoms with E-state index in [2.05, 4.69) is 10.5 Å². The molecule has 6 nitrogen and oxygen atoms in total. The summed E-state index contributed by atoms with van der Waals surface area (Å²) in [4.78, 5) is 24.0. The van der Waals surface area contributed by atoms with Crippen molar-refractivity contribution in [3.8, 4) is 11.5 Å². The van der Waals surface area contributed by atoms with Gasteiger partial charge in [0, 0.05) is 0 Å². The van der Waals surface area contributed by atoms with E-state index in [1.807, 2.05) is 51.1 Å². The predicted octanol–water partition coefficient (Wildman–Crippen LogP) is 4.36. The van der Waals surface area contributed by atoms with E-state index in [-0.39, 0.29) is 12.5 Å². The Labute approximate surface area is 181 Å². The Kier molecular flexibility index (Phi) is 7.17. The monoisotopic (exact) mass is 416 g/mol. The van der Waals surface area contributed by atoms with Gasteiger partial charge in [-0.1, -0.05) is 23.8 Å². The Hall–Kier alpha value is -3.93. The van der Waals surface area contributed by atoms with Gasteiger partial charge < -0.3 is 9.47 Å². The fourth-order valence-electron chi connectivity index (χ4n) is 2.64. The van der Waals surface area contributed by atoms with Crippen LogP contribution in [0.15, 0.2) is 71.8 Å². The summed E-state index contributed by atoms with van der Waals surface area (Å²) >= 11 is 0. The predicted molar refractivity (Wildman–Crippen MR) is 120 cm³/mol. The van der Waals surface area contributed by atoms with Crippen molar-refractivity contribution in [2.24, 2.45) is 5.10 Å². The minimum atomic E-state index is -0.419. The number of ether oxygens (including phenoxy) is 2. The van der Waals surface area contributed by atoms with Gasteiger partial charge in [0.05, 0.1) is 11.8 Å². The van der Waals surface area contributed by atoms with Crippen LogP contribution >= 0.6 is 0 Å². The third kappa shape index (κ3) is 6.54. The lowest BCUT2D eigenvalue weighted by molar-refractivity contribution is -0.123. The maximum Gasteiger partial charge on any atom is 0.343 e. The van der Waals surface area contributed by atoms with Crippen molar-refractivity contribution in [2.75, 3.05) is 6.61 Å². The minimum absolute atomic E-state index is 0.131. The zero-order valence-corrected chi connectivity index (χ0v) is 17.7. The molecule has 158 valence electrons. The van der Waals surface area contributed by atoms with Crippen molar-refractivity contribution in [1.29, 1.82) is 0 Å². The van der Waals surface area contributed by atoms with Crippen molar-refractivity contribution in [2.45, 2.75) is 20.8 Å². The second-order valence-corrected chi connectivity index (χ2v) is 7.15. The van der Waals surface area contributed by atoms with Gasteiger partial charge in [0.25, 0.3) is 5.91 Å². The highest BCUT2D eigenvalue weighted by molar-refractivity contribution is 5.91. The smallest absolute Gasteiger partial charge is 0.343 e. The van der Waals surface area contributed by atoms with E-state index in [4.69, 9.17) is 9.47 Å². The molecule has 0 atom stereocenters. The summed E-state index contributed by atoms with van der Waals surface area (Å²) in [5, 5.41) is 3.92. The topological polar surface area (TPSA) is 77.0 Å². The molecule has 0 radical (unpaired) electrons. The molecule has 0 aliphatic heterocycles. The first kappa shape index (κ1) is 21.8. The van der Waals surface area contributed by atoms with E-state index < -0.39 is 5.97 Å². The molecule has 3 aromatic carbocycles. The average molecular weight is 416 g/mol. The van der Waals surface area contributed by atoms with Crippen molar-refractivity contribution >= 4 is 18.1 Å². The van der Waals surface area contributed by atoms with Gasteiger partial charge in [-0.3, -0.25) is 4.79 Å². The van der Waals surface area contributed by atoms with Crippen molar-refractivity contribution in [1.82, 2.24) is 5.43 Å². The van der Waals surface area contributed by atoms with E-state index in [0.29, 0.717) is 17.1 Å². The van der Waals surface area contributed by atoms with Gasteiger partial charge in [-0.25, -0.2) is 10.2 Å². The number of aryl methyl sites for hydroxylation is 3. The van der Waals surface area contributed by atoms with Crippen LogP contribution < -0.4 is 14.9 Å². The zero-order chi connectivity index (χ0) is 22.2. The molecule has 0 saturated heterocycles. The fraction of sp³-hybridized carbons (Fsp3) is 0.160. The van der Waals surface area contributed by atoms with Crippen molar-refractivity contribution in [3.05, 3.63) is 94.5 Å². The number of rotatable bonds is 7. The van der Waals surface area contributed by atoms with Gasteiger partial charge in [0.1, 0.15) is 11.5 Å². The SMILES string of the molecule is Cc1ccc(C(=O)Oc2ccc(/C=N/NC(=O)COc3ccc(C)c(C)c3)cc2)cc1. The molecule has 0 heterocycles. The minimum Gasteiger partial charge on any atom is -0.484 e. The molecule has 0 aliphatic rings. The Morgan fingerprint density at radius 3 is 2.23 bits per heavy atom. The lowest BCUT2D eigenvalue weighted by Gasteiger charge is -2.07. The molecule has 3 rings (SSSR count). The van der Waals surface area contributed by atoms with Crippen LogP contribution in [0.3, 0.4) is 0 Å². The maximum absolute atomic E-state index is 12.1. The third-order valence-electron chi connectivity index (χ3n) is 4.63. The molecule has 1 N–H and O–H groups in total. The lowest BCUT2D eigenvalue weighted by atomic mass is 10.1. The second kappa shape index (κ2) is 10.2. The molecule has 3 aromatic rings. The number of carbonyl (C=O) groups is 2. The first-order valence-corrected chi connectivity index (χ1v) is 9.81. The van der Waals surface area contributed by atoms with Crippen LogP contribution in [0.4, 0.5) is 0 Å². The first-order valence-electron chi connectivity index (χ1n) is 9.81. The van der Waals surface area contributed by atoms with E-state index in [1.165, 1.54) is 6.21 Å². The van der Waals surface area contributed by atoms with Crippen LogP contribution in [0.1, 0.15) is 32.6 Å². The normalized spacial score (nSPS) is 10.7. The molecule has 6 heteroatoms.